The van der Waals surface area contributed by atoms with Crippen LogP contribution in [0, 0.1) is 5.92 Å². The number of amides is 2. The largest absolute Gasteiger partial charge is 0.335 e. The van der Waals surface area contributed by atoms with Crippen LogP contribution in [0.25, 0.3) is 10.8 Å². The molecule has 3 aromatic rings. The van der Waals surface area contributed by atoms with Crippen molar-refractivity contribution in [2.45, 2.75) is 25.3 Å². The van der Waals surface area contributed by atoms with Gasteiger partial charge in [-0.2, -0.15) is 0 Å². The zero-order valence-corrected chi connectivity index (χ0v) is 16.4. The van der Waals surface area contributed by atoms with Gasteiger partial charge in [0.25, 0.3) is 0 Å². The summed E-state index contributed by atoms with van der Waals surface area (Å²) in [6.07, 6.45) is 2.34. The molecule has 2 aliphatic heterocycles. The number of benzene rings is 2. The number of carbonyl (C=O) groups excluding carboxylic acids is 2. The van der Waals surface area contributed by atoms with Gasteiger partial charge >= 0.3 is 0 Å². The van der Waals surface area contributed by atoms with Gasteiger partial charge in [0.05, 0.1) is 17.6 Å². The van der Waals surface area contributed by atoms with Crippen LogP contribution in [0.2, 0.25) is 0 Å². The Bertz CT molecular complexity index is 1020. The SMILES string of the molecule is O=C1C[C@H](C(=O)N2CCC[C@@H]2c2cccs2)CN1c1cccc2ccccc12. The fraction of sp³-hybridized carbons (Fsp3) is 0.304. The van der Waals surface area contributed by atoms with Crippen LogP contribution >= 0.6 is 11.3 Å². The van der Waals surface area contributed by atoms with E-state index in [0.717, 1.165) is 35.8 Å². The van der Waals surface area contributed by atoms with E-state index < -0.39 is 0 Å². The van der Waals surface area contributed by atoms with Crippen molar-refractivity contribution in [2.24, 2.45) is 5.92 Å². The number of anilines is 1. The number of hydrogen-bond acceptors (Lipinski definition) is 3. The summed E-state index contributed by atoms with van der Waals surface area (Å²) in [4.78, 5) is 31.2. The third-order valence-corrected chi connectivity index (χ3v) is 6.91. The standard InChI is InChI=1S/C23H22N2O2S/c26-22-14-17(23(27)24-12-4-10-20(24)21-11-5-13-28-21)15-25(22)19-9-3-7-16-6-1-2-8-18(16)19/h1-3,5-9,11,13,17,20H,4,10,12,14-15H2/t17-,20+/m0/s1. The van der Waals surface area contributed by atoms with Gasteiger partial charge in [-0.25, -0.2) is 0 Å². The lowest BCUT2D eigenvalue weighted by atomic mass is 10.1. The third kappa shape index (κ3) is 2.90. The molecule has 0 bridgehead atoms. The molecule has 0 N–H and O–H groups in total. The molecule has 2 aliphatic rings. The molecule has 2 fully saturated rings. The molecule has 2 saturated heterocycles. The average Bonchev–Trinajstić information content (AvgIpc) is 3.47. The summed E-state index contributed by atoms with van der Waals surface area (Å²) in [5.41, 5.74) is 0.912. The maximum atomic E-state index is 13.3. The molecule has 3 heterocycles. The lowest BCUT2D eigenvalue weighted by molar-refractivity contribution is -0.136. The van der Waals surface area contributed by atoms with Crippen LogP contribution in [0.3, 0.4) is 0 Å². The van der Waals surface area contributed by atoms with Crippen molar-refractivity contribution < 1.29 is 9.59 Å². The fourth-order valence-electron chi connectivity index (χ4n) is 4.59. The molecule has 2 aromatic carbocycles. The molecule has 0 saturated carbocycles. The van der Waals surface area contributed by atoms with E-state index in [1.54, 1.807) is 16.2 Å². The minimum Gasteiger partial charge on any atom is -0.335 e. The Morgan fingerprint density at radius 2 is 1.89 bits per heavy atom. The molecular formula is C23H22N2O2S. The summed E-state index contributed by atoms with van der Waals surface area (Å²) in [6.45, 7) is 1.26. The van der Waals surface area contributed by atoms with Crippen LogP contribution < -0.4 is 4.90 Å². The summed E-state index contributed by atoms with van der Waals surface area (Å²) < 4.78 is 0. The predicted molar refractivity (Wildman–Crippen MR) is 112 cm³/mol. The number of thiophene rings is 1. The topological polar surface area (TPSA) is 40.6 Å². The minimum absolute atomic E-state index is 0.0431. The summed E-state index contributed by atoms with van der Waals surface area (Å²) in [7, 11) is 0. The van der Waals surface area contributed by atoms with E-state index in [2.05, 4.69) is 23.6 Å². The van der Waals surface area contributed by atoms with Crippen LogP contribution in [-0.4, -0.2) is 29.8 Å². The summed E-state index contributed by atoms with van der Waals surface area (Å²) in [5, 5.41) is 4.24. The Morgan fingerprint density at radius 1 is 1.04 bits per heavy atom. The minimum atomic E-state index is -0.257. The summed E-state index contributed by atoms with van der Waals surface area (Å²) in [5.74, 6) is -0.0828. The first kappa shape index (κ1) is 17.4. The van der Waals surface area contributed by atoms with Crippen LogP contribution in [0.5, 0.6) is 0 Å². The molecular weight excluding hydrogens is 368 g/mol. The summed E-state index contributed by atoms with van der Waals surface area (Å²) in [6, 6.07) is 18.4. The van der Waals surface area contributed by atoms with Crippen molar-refractivity contribution in [3.05, 3.63) is 64.9 Å². The second-order valence-electron chi connectivity index (χ2n) is 7.61. The Labute approximate surface area is 168 Å². The number of fused-ring (bicyclic) bond motifs is 1. The van der Waals surface area contributed by atoms with Gasteiger partial charge in [0.1, 0.15) is 0 Å². The quantitative estimate of drug-likeness (QED) is 0.655. The molecule has 28 heavy (non-hydrogen) atoms. The molecule has 0 unspecified atom stereocenters. The zero-order valence-electron chi connectivity index (χ0n) is 15.6. The van der Waals surface area contributed by atoms with Crippen molar-refractivity contribution in [2.75, 3.05) is 18.0 Å². The fourth-order valence-corrected chi connectivity index (χ4v) is 5.46. The second-order valence-corrected chi connectivity index (χ2v) is 8.59. The predicted octanol–water partition coefficient (Wildman–Crippen LogP) is 4.62. The highest BCUT2D eigenvalue weighted by atomic mass is 32.1. The third-order valence-electron chi connectivity index (χ3n) is 5.94. The maximum Gasteiger partial charge on any atom is 0.228 e. The van der Waals surface area contributed by atoms with E-state index in [0.29, 0.717) is 13.0 Å². The van der Waals surface area contributed by atoms with E-state index in [9.17, 15) is 9.59 Å². The molecule has 1 aromatic heterocycles. The number of rotatable bonds is 3. The molecule has 4 nitrogen and oxygen atoms in total. The highest BCUT2D eigenvalue weighted by Gasteiger charge is 2.41. The molecule has 0 radical (unpaired) electrons. The van der Waals surface area contributed by atoms with Gasteiger partial charge in [-0.3, -0.25) is 9.59 Å². The number of carbonyl (C=O) groups is 2. The Balaban J connectivity index is 1.40. The Morgan fingerprint density at radius 3 is 2.75 bits per heavy atom. The molecule has 2 amide bonds. The second kappa shape index (κ2) is 7.06. The van der Waals surface area contributed by atoms with Gasteiger partial charge in [0.2, 0.25) is 11.8 Å². The van der Waals surface area contributed by atoms with E-state index in [1.807, 2.05) is 41.3 Å². The Hall–Kier alpha value is -2.66. The van der Waals surface area contributed by atoms with Gasteiger partial charge in [-0.1, -0.05) is 42.5 Å². The zero-order chi connectivity index (χ0) is 19.1. The average molecular weight is 391 g/mol. The molecule has 142 valence electrons. The van der Waals surface area contributed by atoms with Crippen LogP contribution in [-0.2, 0) is 9.59 Å². The van der Waals surface area contributed by atoms with Gasteiger partial charge < -0.3 is 9.80 Å². The van der Waals surface area contributed by atoms with E-state index in [1.165, 1.54) is 4.88 Å². The Kier molecular flexibility index (Phi) is 4.40. The lowest BCUT2D eigenvalue weighted by Gasteiger charge is -2.27. The van der Waals surface area contributed by atoms with E-state index in [-0.39, 0.29) is 23.8 Å². The smallest absolute Gasteiger partial charge is 0.228 e. The maximum absolute atomic E-state index is 13.3. The first-order chi connectivity index (χ1) is 13.7. The van der Waals surface area contributed by atoms with Crippen molar-refractivity contribution >= 4 is 39.6 Å². The van der Waals surface area contributed by atoms with Gasteiger partial charge in [0.15, 0.2) is 0 Å². The molecule has 5 rings (SSSR count). The van der Waals surface area contributed by atoms with Crippen molar-refractivity contribution in [3.63, 3.8) is 0 Å². The van der Waals surface area contributed by atoms with Gasteiger partial charge in [-0.05, 0) is 35.7 Å². The van der Waals surface area contributed by atoms with Crippen LogP contribution in [0.15, 0.2) is 60.0 Å². The molecule has 2 atom stereocenters. The highest BCUT2D eigenvalue weighted by Crippen LogP contribution is 2.38. The monoisotopic (exact) mass is 390 g/mol. The number of likely N-dealkylation sites (tertiary alicyclic amines) is 1. The van der Waals surface area contributed by atoms with Crippen molar-refractivity contribution in [1.29, 1.82) is 0 Å². The molecule has 0 aliphatic carbocycles. The normalized spacial score (nSPS) is 22.4. The van der Waals surface area contributed by atoms with E-state index >= 15 is 0 Å². The molecule has 0 spiro atoms. The van der Waals surface area contributed by atoms with Crippen molar-refractivity contribution in [1.82, 2.24) is 4.90 Å². The van der Waals surface area contributed by atoms with Crippen molar-refractivity contribution in [3.8, 4) is 0 Å². The highest BCUT2D eigenvalue weighted by molar-refractivity contribution is 7.10. The summed E-state index contributed by atoms with van der Waals surface area (Å²) >= 11 is 1.71. The van der Waals surface area contributed by atoms with Gasteiger partial charge in [-0.15, -0.1) is 11.3 Å². The first-order valence-electron chi connectivity index (χ1n) is 9.84. The number of hydrogen-bond donors (Lipinski definition) is 0. The van der Waals surface area contributed by atoms with Crippen LogP contribution in [0.1, 0.15) is 30.2 Å². The number of nitrogens with zero attached hydrogens (tertiary/aromatic N) is 2. The first-order valence-corrected chi connectivity index (χ1v) is 10.7. The molecule has 5 heteroatoms. The lowest BCUT2D eigenvalue weighted by Crippen LogP contribution is -2.36. The van der Waals surface area contributed by atoms with E-state index in [4.69, 9.17) is 0 Å². The van der Waals surface area contributed by atoms with Crippen LogP contribution in [0.4, 0.5) is 5.69 Å². The van der Waals surface area contributed by atoms with Gasteiger partial charge in [0, 0.05) is 29.8 Å².